The van der Waals surface area contributed by atoms with E-state index in [1.807, 2.05) is 54.6 Å². The fourth-order valence-corrected chi connectivity index (χ4v) is 3.01. The molecule has 1 unspecified atom stereocenters. The summed E-state index contributed by atoms with van der Waals surface area (Å²) < 4.78 is 1.75. The van der Waals surface area contributed by atoms with Crippen LogP contribution in [0.2, 0.25) is 5.02 Å². The van der Waals surface area contributed by atoms with Crippen molar-refractivity contribution in [2.24, 2.45) is 0 Å². The molecule has 0 aliphatic carbocycles. The van der Waals surface area contributed by atoms with Crippen molar-refractivity contribution in [1.82, 2.24) is 14.8 Å². The van der Waals surface area contributed by atoms with Gasteiger partial charge in [0, 0.05) is 17.6 Å². The molecule has 0 saturated heterocycles. The van der Waals surface area contributed by atoms with E-state index >= 15 is 0 Å². The van der Waals surface area contributed by atoms with Crippen molar-refractivity contribution in [1.29, 1.82) is 0 Å². The maximum absolute atomic E-state index is 11.4. The molecule has 1 aromatic heterocycles. The molecule has 0 spiro atoms. The summed E-state index contributed by atoms with van der Waals surface area (Å²) in [6.07, 6.45) is 2.08. The van der Waals surface area contributed by atoms with Gasteiger partial charge in [0.25, 0.3) is 5.95 Å². The first-order valence-corrected chi connectivity index (χ1v) is 8.52. The molecule has 0 bridgehead atoms. The zero-order valence-electron chi connectivity index (χ0n) is 14.0. The summed E-state index contributed by atoms with van der Waals surface area (Å²) >= 11 is 6.03. The fraction of sp³-hybridized carbons (Fsp3) is 0.105. The maximum atomic E-state index is 11.4. The van der Waals surface area contributed by atoms with E-state index < -0.39 is 0 Å². The van der Waals surface area contributed by atoms with E-state index in [1.165, 1.54) is 6.92 Å². The lowest BCUT2D eigenvalue weighted by Gasteiger charge is -2.24. The topological polar surface area (TPSA) is 71.8 Å². The van der Waals surface area contributed by atoms with Crippen molar-refractivity contribution >= 4 is 35.1 Å². The van der Waals surface area contributed by atoms with E-state index in [1.54, 1.807) is 4.68 Å². The normalized spacial score (nSPS) is 15.6. The van der Waals surface area contributed by atoms with Gasteiger partial charge in [-0.3, -0.25) is 10.1 Å². The molecule has 7 heteroatoms. The van der Waals surface area contributed by atoms with E-state index in [2.05, 4.69) is 26.8 Å². The maximum Gasteiger partial charge on any atom is 0.250 e. The predicted octanol–water partition coefficient (Wildman–Crippen LogP) is 3.95. The van der Waals surface area contributed by atoms with Crippen LogP contribution in [0.4, 0.5) is 11.9 Å². The number of hydrogen-bond acceptors (Lipinski definition) is 4. The van der Waals surface area contributed by atoms with E-state index in [9.17, 15) is 4.79 Å². The minimum atomic E-state index is -0.216. The van der Waals surface area contributed by atoms with Crippen LogP contribution >= 0.6 is 11.6 Å². The van der Waals surface area contributed by atoms with Crippen LogP contribution in [0.3, 0.4) is 0 Å². The van der Waals surface area contributed by atoms with E-state index in [-0.39, 0.29) is 17.9 Å². The molecule has 1 amide bonds. The molecule has 0 fully saturated rings. The highest BCUT2D eigenvalue weighted by Crippen LogP contribution is 2.33. The fourth-order valence-electron chi connectivity index (χ4n) is 2.89. The molecule has 4 rings (SSSR count). The number of fused-ring (bicyclic) bond motifs is 1. The average Bonchev–Trinajstić information content (AvgIpc) is 3.04. The van der Waals surface area contributed by atoms with Crippen molar-refractivity contribution < 1.29 is 4.79 Å². The minimum Gasteiger partial charge on any atom is -0.324 e. The summed E-state index contributed by atoms with van der Waals surface area (Å²) in [5, 5.41) is 11.0. The minimum absolute atomic E-state index is 0.172. The second-order valence-corrected chi connectivity index (χ2v) is 6.39. The standard InChI is InChI=1S/C19H16ClN5O/c1-12(26)21-18-23-19-22-16(13-5-3-2-4-6-13)11-17(25(19)24-18)14-7-9-15(20)10-8-14/h2-11,17H,1H3,(H2,21,22,23,24,26). The molecule has 0 saturated carbocycles. The smallest absolute Gasteiger partial charge is 0.250 e. The number of nitrogens with one attached hydrogen (secondary N) is 2. The Hall–Kier alpha value is -3.12. The molecule has 2 heterocycles. The number of aromatic nitrogens is 3. The zero-order valence-corrected chi connectivity index (χ0v) is 14.7. The van der Waals surface area contributed by atoms with Crippen LogP contribution < -0.4 is 10.6 Å². The van der Waals surface area contributed by atoms with Gasteiger partial charge in [-0.2, -0.15) is 4.98 Å². The Morgan fingerprint density at radius 1 is 1.15 bits per heavy atom. The number of carbonyl (C=O) groups excluding carboxylic acids is 1. The van der Waals surface area contributed by atoms with Crippen LogP contribution in [0.1, 0.15) is 24.1 Å². The largest absolute Gasteiger partial charge is 0.324 e. The first-order chi connectivity index (χ1) is 12.6. The molecule has 2 N–H and O–H groups in total. The molecule has 1 aliphatic heterocycles. The molecule has 3 aromatic rings. The van der Waals surface area contributed by atoms with Crippen molar-refractivity contribution in [2.45, 2.75) is 13.0 Å². The Morgan fingerprint density at radius 2 is 1.88 bits per heavy atom. The van der Waals surface area contributed by atoms with Crippen LogP contribution in [0.15, 0.2) is 60.7 Å². The van der Waals surface area contributed by atoms with Crippen LogP contribution in [0.25, 0.3) is 5.70 Å². The Labute approximate surface area is 155 Å². The Bertz CT molecular complexity index is 979. The molecule has 130 valence electrons. The van der Waals surface area contributed by atoms with Gasteiger partial charge in [-0.05, 0) is 29.3 Å². The number of amides is 1. The van der Waals surface area contributed by atoms with Crippen molar-refractivity contribution in [3.8, 4) is 0 Å². The lowest BCUT2D eigenvalue weighted by atomic mass is 10.0. The van der Waals surface area contributed by atoms with Crippen LogP contribution in [-0.2, 0) is 4.79 Å². The SMILES string of the molecule is CC(=O)Nc1nc2n(n1)C(c1ccc(Cl)cc1)C=C(c1ccccc1)N2. The lowest BCUT2D eigenvalue weighted by molar-refractivity contribution is -0.114. The third-order valence-electron chi connectivity index (χ3n) is 4.05. The zero-order chi connectivity index (χ0) is 18.1. The van der Waals surface area contributed by atoms with Gasteiger partial charge in [0.2, 0.25) is 11.9 Å². The average molecular weight is 366 g/mol. The van der Waals surface area contributed by atoms with Crippen LogP contribution in [-0.4, -0.2) is 20.7 Å². The van der Waals surface area contributed by atoms with Gasteiger partial charge in [-0.25, -0.2) is 4.68 Å². The number of nitrogens with zero attached hydrogens (tertiary/aromatic N) is 3. The Morgan fingerprint density at radius 3 is 2.58 bits per heavy atom. The summed E-state index contributed by atoms with van der Waals surface area (Å²) in [4.78, 5) is 15.8. The van der Waals surface area contributed by atoms with Gasteiger partial charge in [0.15, 0.2) is 0 Å². The number of benzene rings is 2. The van der Waals surface area contributed by atoms with Gasteiger partial charge in [-0.15, -0.1) is 5.10 Å². The lowest BCUT2D eigenvalue weighted by Crippen LogP contribution is -2.20. The highest BCUT2D eigenvalue weighted by atomic mass is 35.5. The summed E-state index contributed by atoms with van der Waals surface area (Å²) in [6.45, 7) is 1.43. The van der Waals surface area contributed by atoms with E-state index in [0.29, 0.717) is 11.0 Å². The molecular weight excluding hydrogens is 350 g/mol. The second kappa shape index (κ2) is 6.65. The van der Waals surface area contributed by atoms with Crippen LogP contribution in [0, 0.1) is 0 Å². The third kappa shape index (κ3) is 3.19. The monoisotopic (exact) mass is 365 g/mol. The highest BCUT2D eigenvalue weighted by Gasteiger charge is 2.25. The summed E-state index contributed by atoms with van der Waals surface area (Å²) in [7, 11) is 0. The molecule has 0 radical (unpaired) electrons. The Kier molecular flexibility index (Phi) is 4.18. The van der Waals surface area contributed by atoms with Gasteiger partial charge in [0.1, 0.15) is 6.04 Å². The first-order valence-electron chi connectivity index (χ1n) is 8.14. The number of rotatable bonds is 3. The number of halogens is 1. The van der Waals surface area contributed by atoms with Gasteiger partial charge in [0.05, 0.1) is 0 Å². The predicted molar refractivity (Wildman–Crippen MR) is 102 cm³/mol. The third-order valence-corrected chi connectivity index (χ3v) is 4.30. The number of anilines is 2. The molecule has 2 aromatic carbocycles. The number of allylic oxidation sites excluding steroid dienone is 1. The number of carbonyl (C=O) groups is 1. The molecule has 6 nitrogen and oxygen atoms in total. The van der Waals surface area contributed by atoms with Crippen LogP contribution in [0.5, 0.6) is 0 Å². The summed E-state index contributed by atoms with van der Waals surface area (Å²) in [6, 6.07) is 17.4. The van der Waals surface area contributed by atoms with Gasteiger partial charge in [-0.1, -0.05) is 54.1 Å². The first kappa shape index (κ1) is 16.4. The summed E-state index contributed by atoms with van der Waals surface area (Å²) in [5.41, 5.74) is 2.99. The highest BCUT2D eigenvalue weighted by molar-refractivity contribution is 6.30. The molecular formula is C19H16ClN5O. The molecule has 26 heavy (non-hydrogen) atoms. The summed E-state index contributed by atoms with van der Waals surface area (Å²) in [5.74, 6) is 0.615. The van der Waals surface area contributed by atoms with Crippen molar-refractivity contribution in [3.63, 3.8) is 0 Å². The van der Waals surface area contributed by atoms with E-state index in [0.717, 1.165) is 16.8 Å². The molecule has 1 aliphatic rings. The van der Waals surface area contributed by atoms with E-state index in [4.69, 9.17) is 11.6 Å². The molecule has 1 atom stereocenters. The van der Waals surface area contributed by atoms with Gasteiger partial charge < -0.3 is 5.32 Å². The quantitative estimate of drug-likeness (QED) is 0.737. The number of hydrogen-bond donors (Lipinski definition) is 2. The van der Waals surface area contributed by atoms with Crippen molar-refractivity contribution in [3.05, 3.63) is 76.8 Å². The van der Waals surface area contributed by atoms with Crippen molar-refractivity contribution in [2.75, 3.05) is 10.6 Å². The Balaban J connectivity index is 1.80. The second-order valence-electron chi connectivity index (χ2n) is 5.95. The van der Waals surface area contributed by atoms with Gasteiger partial charge >= 0.3 is 0 Å².